The van der Waals surface area contributed by atoms with Gasteiger partial charge in [-0.15, -0.1) is 5.10 Å². The third-order valence-corrected chi connectivity index (χ3v) is 4.14. The molecule has 0 bridgehead atoms. The van der Waals surface area contributed by atoms with E-state index in [0.717, 1.165) is 18.7 Å². The molecule has 1 aliphatic rings. The second-order valence-electron chi connectivity index (χ2n) is 5.55. The van der Waals surface area contributed by atoms with Crippen molar-refractivity contribution < 1.29 is 9.90 Å². The van der Waals surface area contributed by atoms with Crippen LogP contribution in [0.2, 0.25) is 0 Å². The molecule has 3 rings (SSSR count). The third-order valence-electron chi connectivity index (χ3n) is 4.14. The van der Waals surface area contributed by atoms with E-state index in [9.17, 15) is 9.90 Å². The van der Waals surface area contributed by atoms with Crippen LogP contribution in [0.3, 0.4) is 0 Å². The molecular formula is C15H18N4O2. The molecule has 1 saturated heterocycles. The number of carboxylic acids is 1. The summed E-state index contributed by atoms with van der Waals surface area (Å²) in [5.74, 6) is -0.129. The minimum Gasteiger partial charge on any atom is -0.480 e. The third kappa shape index (κ3) is 2.54. The zero-order valence-electron chi connectivity index (χ0n) is 11.9. The summed E-state index contributed by atoms with van der Waals surface area (Å²) in [5.41, 5.74) is 0.136. The van der Waals surface area contributed by atoms with Crippen molar-refractivity contribution >= 4 is 5.97 Å². The maximum Gasteiger partial charge on any atom is 0.323 e. The summed E-state index contributed by atoms with van der Waals surface area (Å²) in [5, 5.41) is 13.9. The molecule has 1 atom stereocenters. The average molecular weight is 286 g/mol. The Balaban J connectivity index is 1.77. The van der Waals surface area contributed by atoms with Crippen LogP contribution in [-0.2, 0) is 11.3 Å². The first-order valence-electron chi connectivity index (χ1n) is 7.04. The molecule has 0 amide bonds. The summed E-state index contributed by atoms with van der Waals surface area (Å²) in [6.07, 6.45) is 3.22. The van der Waals surface area contributed by atoms with Gasteiger partial charge in [0.05, 0.1) is 12.2 Å². The fraction of sp³-hybridized carbons (Fsp3) is 0.400. The summed E-state index contributed by atoms with van der Waals surface area (Å²) in [4.78, 5) is 17.7. The smallest absolute Gasteiger partial charge is 0.323 e. The summed E-state index contributed by atoms with van der Waals surface area (Å²) in [6.45, 7) is 3.00. The van der Waals surface area contributed by atoms with E-state index in [0.29, 0.717) is 18.8 Å². The average Bonchev–Trinajstić information content (AvgIpc) is 3.09. The van der Waals surface area contributed by atoms with Crippen LogP contribution in [0.15, 0.2) is 36.7 Å². The minimum atomic E-state index is -0.807. The van der Waals surface area contributed by atoms with Gasteiger partial charge in [0.25, 0.3) is 0 Å². The highest BCUT2D eigenvalue weighted by atomic mass is 16.4. The zero-order valence-corrected chi connectivity index (χ0v) is 11.9. The fourth-order valence-corrected chi connectivity index (χ4v) is 2.76. The van der Waals surface area contributed by atoms with Gasteiger partial charge in [0.2, 0.25) is 0 Å². The number of rotatable bonds is 4. The number of nitrogens with zero attached hydrogens (tertiary/aromatic N) is 4. The van der Waals surface area contributed by atoms with Gasteiger partial charge in [-0.3, -0.25) is 9.69 Å². The molecule has 21 heavy (non-hydrogen) atoms. The highest BCUT2D eigenvalue weighted by Gasteiger charge is 2.43. The minimum absolute atomic E-state index is 0.461. The van der Waals surface area contributed by atoms with Crippen molar-refractivity contribution in [3.63, 3.8) is 0 Å². The lowest BCUT2D eigenvalue weighted by Gasteiger charge is -2.29. The van der Waals surface area contributed by atoms with E-state index in [1.165, 1.54) is 0 Å². The number of aliphatic carboxylic acids is 1. The molecule has 0 aliphatic carbocycles. The maximum atomic E-state index is 11.5. The number of carbonyl (C=O) groups is 1. The Morgan fingerprint density at radius 3 is 2.86 bits per heavy atom. The van der Waals surface area contributed by atoms with Crippen LogP contribution in [-0.4, -0.2) is 42.8 Å². The van der Waals surface area contributed by atoms with E-state index >= 15 is 0 Å². The van der Waals surface area contributed by atoms with Crippen LogP contribution in [0.5, 0.6) is 0 Å². The molecule has 1 N–H and O–H groups in total. The number of carboxylic acid groups (broad SMARTS) is 1. The Morgan fingerprint density at radius 2 is 2.14 bits per heavy atom. The molecule has 110 valence electrons. The molecule has 2 heterocycles. The molecule has 2 aromatic rings. The zero-order chi connectivity index (χ0) is 14.9. The lowest BCUT2D eigenvalue weighted by Crippen LogP contribution is -2.47. The van der Waals surface area contributed by atoms with E-state index in [1.54, 1.807) is 17.9 Å². The molecule has 0 saturated carbocycles. The normalized spacial score (nSPS) is 22.5. The first-order valence-corrected chi connectivity index (χ1v) is 7.04. The van der Waals surface area contributed by atoms with Gasteiger partial charge >= 0.3 is 5.97 Å². The largest absolute Gasteiger partial charge is 0.480 e. The van der Waals surface area contributed by atoms with Crippen molar-refractivity contribution in [1.29, 1.82) is 0 Å². The van der Waals surface area contributed by atoms with Gasteiger partial charge in [-0.2, -0.15) is 0 Å². The second-order valence-corrected chi connectivity index (χ2v) is 5.55. The van der Waals surface area contributed by atoms with Crippen molar-refractivity contribution in [2.75, 3.05) is 6.54 Å². The lowest BCUT2D eigenvalue weighted by molar-refractivity contribution is -0.149. The van der Waals surface area contributed by atoms with Gasteiger partial charge in [0.15, 0.2) is 5.82 Å². The van der Waals surface area contributed by atoms with Crippen LogP contribution in [0.4, 0.5) is 0 Å². The van der Waals surface area contributed by atoms with E-state index in [2.05, 4.69) is 10.1 Å². The number of para-hydroxylation sites is 1. The first-order chi connectivity index (χ1) is 10.1. The highest BCUT2D eigenvalue weighted by molar-refractivity contribution is 5.78. The van der Waals surface area contributed by atoms with Gasteiger partial charge in [-0.1, -0.05) is 18.2 Å². The standard InChI is InChI=1S/C15H18N4O2/c1-15(14(20)21)8-5-9-18(15)10-13-16-11-19(17-13)12-6-3-2-4-7-12/h2-4,6-7,11H,5,8-10H2,1H3,(H,20,21). The summed E-state index contributed by atoms with van der Waals surface area (Å²) >= 11 is 0. The van der Waals surface area contributed by atoms with Crippen LogP contribution in [0.1, 0.15) is 25.6 Å². The van der Waals surface area contributed by atoms with Gasteiger partial charge in [-0.25, -0.2) is 9.67 Å². The van der Waals surface area contributed by atoms with E-state index in [1.807, 2.05) is 35.2 Å². The molecule has 1 aliphatic heterocycles. The Kier molecular flexibility index (Phi) is 3.47. The molecular weight excluding hydrogens is 268 g/mol. The number of aromatic nitrogens is 3. The summed E-state index contributed by atoms with van der Waals surface area (Å²) in [7, 11) is 0. The van der Waals surface area contributed by atoms with Gasteiger partial charge in [0.1, 0.15) is 11.9 Å². The molecule has 6 heteroatoms. The van der Waals surface area contributed by atoms with Crippen molar-refractivity contribution in [2.45, 2.75) is 31.8 Å². The fourth-order valence-electron chi connectivity index (χ4n) is 2.76. The molecule has 1 unspecified atom stereocenters. The molecule has 1 fully saturated rings. The Labute approximate surface area is 123 Å². The van der Waals surface area contributed by atoms with Crippen LogP contribution < -0.4 is 0 Å². The molecule has 6 nitrogen and oxygen atoms in total. The topological polar surface area (TPSA) is 71.2 Å². The molecule has 1 aromatic carbocycles. The van der Waals surface area contributed by atoms with Crippen molar-refractivity contribution in [3.05, 3.63) is 42.5 Å². The van der Waals surface area contributed by atoms with Gasteiger partial charge < -0.3 is 5.11 Å². The predicted molar refractivity (Wildman–Crippen MR) is 77.0 cm³/mol. The Hall–Kier alpha value is -2.21. The predicted octanol–water partition coefficient (Wildman–Crippen LogP) is 1.71. The van der Waals surface area contributed by atoms with Gasteiger partial charge in [-0.05, 0) is 38.4 Å². The molecule has 0 radical (unpaired) electrons. The van der Waals surface area contributed by atoms with Crippen molar-refractivity contribution in [1.82, 2.24) is 19.7 Å². The van der Waals surface area contributed by atoms with Crippen LogP contribution >= 0.6 is 0 Å². The Bertz CT molecular complexity index is 640. The monoisotopic (exact) mass is 286 g/mol. The number of likely N-dealkylation sites (tertiary alicyclic amines) is 1. The highest BCUT2D eigenvalue weighted by Crippen LogP contribution is 2.30. The lowest BCUT2D eigenvalue weighted by atomic mass is 9.99. The Morgan fingerprint density at radius 1 is 1.38 bits per heavy atom. The maximum absolute atomic E-state index is 11.5. The van der Waals surface area contributed by atoms with Crippen molar-refractivity contribution in [2.24, 2.45) is 0 Å². The van der Waals surface area contributed by atoms with Crippen LogP contribution in [0, 0.1) is 0 Å². The van der Waals surface area contributed by atoms with E-state index < -0.39 is 11.5 Å². The summed E-state index contributed by atoms with van der Waals surface area (Å²) in [6, 6.07) is 9.74. The van der Waals surface area contributed by atoms with Crippen molar-refractivity contribution in [3.8, 4) is 5.69 Å². The summed E-state index contributed by atoms with van der Waals surface area (Å²) < 4.78 is 1.71. The number of hydrogen-bond donors (Lipinski definition) is 1. The van der Waals surface area contributed by atoms with Gasteiger partial charge in [0, 0.05) is 0 Å². The van der Waals surface area contributed by atoms with Crippen LogP contribution in [0.25, 0.3) is 5.69 Å². The molecule has 1 aromatic heterocycles. The van der Waals surface area contributed by atoms with E-state index in [4.69, 9.17) is 0 Å². The molecule has 0 spiro atoms. The quantitative estimate of drug-likeness (QED) is 0.926. The number of hydrogen-bond acceptors (Lipinski definition) is 4. The SMILES string of the molecule is CC1(C(=O)O)CCCN1Cc1ncn(-c2ccccc2)n1. The first kappa shape index (κ1) is 13.8. The number of benzene rings is 1. The second kappa shape index (κ2) is 5.29. The van der Waals surface area contributed by atoms with E-state index in [-0.39, 0.29) is 0 Å².